The van der Waals surface area contributed by atoms with Gasteiger partial charge in [0.25, 0.3) is 0 Å². The van der Waals surface area contributed by atoms with Crippen LogP contribution in [-0.4, -0.2) is 32.4 Å². The van der Waals surface area contributed by atoms with Gasteiger partial charge >= 0.3 is 6.03 Å². The van der Waals surface area contributed by atoms with Gasteiger partial charge in [0.2, 0.25) is 0 Å². The van der Waals surface area contributed by atoms with E-state index in [9.17, 15) is 13.2 Å². The largest absolute Gasteiger partial charge is 0.331 e. The van der Waals surface area contributed by atoms with E-state index in [-0.39, 0.29) is 22.7 Å². The van der Waals surface area contributed by atoms with Crippen LogP contribution in [0.15, 0.2) is 83.8 Å². The Bertz CT molecular complexity index is 1190. The number of sulfone groups is 1. The minimum absolute atomic E-state index is 0.0567. The lowest BCUT2D eigenvalue weighted by atomic mass is 10.1. The number of carbonyl (C=O) groups excluding carboxylic acids is 1. The van der Waals surface area contributed by atoms with Gasteiger partial charge in [-0.05, 0) is 73.8 Å². The third-order valence-corrected chi connectivity index (χ3v) is 7.81. The molecule has 1 fully saturated rings. The van der Waals surface area contributed by atoms with Gasteiger partial charge in [-0.15, -0.1) is 0 Å². The van der Waals surface area contributed by atoms with E-state index in [4.69, 9.17) is 0 Å². The van der Waals surface area contributed by atoms with Crippen molar-refractivity contribution in [1.82, 2.24) is 10.2 Å². The summed E-state index contributed by atoms with van der Waals surface area (Å²) in [4.78, 5) is 15.0. The summed E-state index contributed by atoms with van der Waals surface area (Å²) in [6, 6.07) is 23.3. The maximum atomic E-state index is 12.9. The molecular formula is C27H31N3O3S. The van der Waals surface area contributed by atoms with Gasteiger partial charge in [0, 0.05) is 12.2 Å². The maximum Gasteiger partial charge on any atom is 0.319 e. The number of hydrogen-bond acceptors (Lipinski definition) is 4. The fourth-order valence-electron chi connectivity index (χ4n) is 4.18. The van der Waals surface area contributed by atoms with Gasteiger partial charge in [0.05, 0.1) is 16.7 Å². The lowest BCUT2D eigenvalue weighted by Gasteiger charge is -2.15. The first-order chi connectivity index (χ1) is 16.4. The number of amides is 2. The topological polar surface area (TPSA) is 78.5 Å². The summed E-state index contributed by atoms with van der Waals surface area (Å²) in [6.07, 6.45) is 2.50. The predicted molar refractivity (Wildman–Crippen MR) is 135 cm³/mol. The van der Waals surface area contributed by atoms with Crippen LogP contribution in [0.1, 0.15) is 42.5 Å². The van der Waals surface area contributed by atoms with Crippen LogP contribution >= 0.6 is 0 Å². The SMILES string of the molecule is CC(NC(=O)Nc1ccc(S(=O)(=O)Cc2ccc(CN3CCCC3)cc2)cc1)c1ccccc1. The smallest absolute Gasteiger partial charge is 0.319 e. The molecule has 1 atom stereocenters. The second kappa shape index (κ2) is 10.8. The fraction of sp³-hybridized carbons (Fsp3) is 0.296. The van der Waals surface area contributed by atoms with Crippen LogP contribution in [0.4, 0.5) is 10.5 Å². The number of nitrogens with zero attached hydrogens (tertiary/aromatic N) is 1. The van der Waals surface area contributed by atoms with Crippen molar-refractivity contribution in [1.29, 1.82) is 0 Å². The Morgan fingerprint density at radius 3 is 2.15 bits per heavy atom. The van der Waals surface area contributed by atoms with Crippen molar-refractivity contribution in [3.8, 4) is 0 Å². The molecule has 0 radical (unpaired) electrons. The highest BCUT2D eigenvalue weighted by molar-refractivity contribution is 7.90. The number of hydrogen-bond donors (Lipinski definition) is 2. The molecule has 1 aliphatic rings. The molecule has 0 saturated carbocycles. The molecule has 3 aromatic carbocycles. The summed E-state index contributed by atoms with van der Waals surface area (Å²) < 4.78 is 25.8. The van der Waals surface area contributed by atoms with Crippen molar-refractivity contribution in [2.24, 2.45) is 0 Å². The molecule has 7 heteroatoms. The fourth-order valence-corrected chi connectivity index (χ4v) is 5.53. The molecule has 1 saturated heterocycles. The standard InChI is InChI=1S/C27H31N3O3S/c1-21(24-7-3-2-4-8-24)28-27(31)29-25-13-15-26(16-14-25)34(32,33)20-23-11-9-22(10-12-23)19-30-17-5-6-18-30/h2-4,7-16,21H,5-6,17-20H2,1H3,(H2,28,29,31). The van der Waals surface area contributed by atoms with Crippen LogP contribution in [0.3, 0.4) is 0 Å². The Hall–Kier alpha value is -3.16. The molecule has 6 nitrogen and oxygen atoms in total. The van der Waals surface area contributed by atoms with E-state index < -0.39 is 9.84 Å². The van der Waals surface area contributed by atoms with E-state index in [1.165, 1.54) is 30.5 Å². The first-order valence-electron chi connectivity index (χ1n) is 11.6. The molecule has 0 aromatic heterocycles. The molecule has 1 heterocycles. The van der Waals surface area contributed by atoms with Crippen molar-refractivity contribution in [3.05, 3.63) is 95.6 Å². The first kappa shape index (κ1) is 24.0. The molecule has 178 valence electrons. The highest BCUT2D eigenvalue weighted by Crippen LogP contribution is 2.20. The quantitative estimate of drug-likeness (QED) is 0.471. The molecule has 0 spiro atoms. The van der Waals surface area contributed by atoms with Crippen LogP contribution in [0, 0.1) is 0 Å². The second-order valence-corrected chi connectivity index (χ2v) is 10.8. The van der Waals surface area contributed by atoms with Gasteiger partial charge in [-0.1, -0.05) is 54.6 Å². The van der Waals surface area contributed by atoms with Crippen molar-refractivity contribution >= 4 is 21.6 Å². The number of rotatable bonds is 8. The summed E-state index contributed by atoms with van der Waals surface area (Å²) in [5.41, 5.74) is 3.51. The summed E-state index contributed by atoms with van der Waals surface area (Å²) >= 11 is 0. The van der Waals surface area contributed by atoms with Crippen LogP contribution in [0.25, 0.3) is 0 Å². The van der Waals surface area contributed by atoms with Crippen LogP contribution in [0.5, 0.6) is 0 Å². The highest BCUT2D eigenvalue weighted by atomic mass is 32.2. The van der Waals surface area contributed by atoms with Gasteiger partial charge in [0.15, 0.2) is 9.84 Å². The zero-order valence-electron chi connectivity index (χ0n) is 19.4. The van der Waals surface area contributed by atoms with Gasteiger partial charge in [-0.2, -0.15) is 0 Å². The zero-order valence-corrected chi connectivity index (χ0v) is 20.2. The van der Waals surface area contributed by atoms with Gasteiger partial charge in [-0.3, -0.25) is 4.90 Å². The van der Waals surface area contributed by atoms with E-state index in [0.717, 1.165) is 30.8 Å². The van der Waals surface area contributed by atoms with E-state index in [1.807, 2.05) is 61.5 Å². The monoisotopic (exact) mass is 477 g/mol. The van der Waals surface area contributed by atoms with Gasteiger partial charge in [-0.25, -0.2) is 13.2 Å². The molecule has 2 amide bonds. The Morgan fingerprint density at radius 1 is 0.882 bits per heavy atom. The van der Waals surface area contributed by atoms with Gasteiger partial charge < -0.3 is 10.6 Å². The normalized spacial score (nSPS) is 15.1. The van der Waals surface area contributed by atoms with Crippen molar-refractivity contribution in [2.45, 2.75) is 43.0 Å². The number of benzene rings is 3. The average Bonchev–Trinajstić information content (AvgIpc) is 3.34. The number of urea groups is 1. The van der Waals surface area contributed by atoms with Crippen LogP contribution < -0.4 is 10.6 Å². The summed E-state index contributed by atoms with van der Waals surface area (Å²) in [5, 5.41) is 5.64. The van der Waals surface area contributed by atoms with Crippen molar-refractivity contribution < 1.29 is 13.2 Å². The third-order valence-electron chi connectivity index (χ3n) is 6.10. The van der Waals surface area contributed by atoms with E-state index in [0.29, 0.717) is 5.69 Å². The van der Waals surface area contributed by atoms with Crippen LogP contribution in [0.2, 0.25) is 0 Å². The third kappa shape index (κ3) is 6.46. The van der Waals surface area contributed by atoms with E-state index >= 15 is 0 Å². The Morgan fingerprint density at radius 2 is 1.50 bits per heavy atom. The number of likely N-dealkylation sites (tertiary alicyclic amines) is 1. The average molecular weight is 478 g/mol. The zero-order chi connectivity index (χ0) is 24.0. The number of nitrogens with one attached hydrogen (secondary N) is 2. The summed E-state index contributed by atoms with van der Waals surface area (Å²) in [5.74, 6) is -0.0567. The Kier molecular flexibility index (Phi) is 7.65. The molecular weight excluding hydrogens is 446 g/mol. The first-order valence-corrected chi connectivity index (χ1v) is 13.3. The van der Waals surface area contributed by atoms with Gasteiger partial charge in [0.1, 0.15) is 0 Å². The summed E-state index contributed by atoms with van der Waals surface area (Å²) in [7, 11) is -3.49. The molecule has 3 aromatic rings. The molecule has 2 N–H and O–H groups in total. The number of anilines is 1. The molecule has 4 rings (SSSR count). The highest BCUT2D eigenvalue weighted by Gasteiger charge is 2.17. The van der Waals surface area contributed by atoms with E-state index in [2.05, 4.69) is 15.5 Å². The van der Waals surface area contributed by atoms with Crippen molar-refractivity contribution in [2.75, 3.05) is 18.4 Å². The molecule has 34 heavy (non-hydrogen) atoms. The minimum Gasteiger partial charge on any atom is -0.331 e. The minimum atomic E-state index is -3.49. The molecule has 1 aliphatic heterocycles. The number of carbonyl (C=O) groups is 1. The Balaban J connectivity index is 1.32. The molecule has 0 bridgehead atoms. The lowest BCUT2D eigenvalue weighted by molar-refractivity contribution is 0.249. The van der Waals surface area contributed by atoms with Crippen LogP contribution in [-0.2, 0) is 22.1 Å². The maximum absolute atomic E-state index is 12.9. The lowest BCUT2D eigenvalue weighted by Crippen LogP contribution is -2.31. The second-order valence-electron chi connectivity index (χ2n) is 8.81. The molecule has 1 unspecified atom stereocenters. The Labute approximate surface area is 201 Å². The summed E-state index contributed by atoms with van der Waals surface area (Å²) in [6.45, 7) is 5.09. The van der Waals surface area contributed by atoms with Crippen molar-refractivity contribution in [3.63, 3.8) is 0 Å². The predicted octanol–water partition coefficient (Wildman–Crippen LogP) is 5.14. The molecule has 0 aliphatic carbocycles. The van der Waals surface area contributed by atoms with E-state index in [1.54, 1.807) is 12.1 Å².